The summed E-state index contributed by atoms with van der Waals surface area (Å²) in [5.74, 6) is 0.740. The van der Waals surface area contributed by atoms with Crippen molar-refractivity contribution in [2.24, 2.45) is 0 Å². The predicted octanol–water partition coefficient (Wildman–Crippen LogP) is 4.60. The lowest BCUT2D eigenvalue weighted by molar-refractivity contribution is 0.0518. The second kappa shape index (κ2) is 9.45. The quantitative estimate of drug-likeness (QED) is 0.425. The fraction of sp³-hybridized carbons (Fsp3) is 0.0870. The number of anilines is 4. The summed E-state index contributed by atoms with van der Waals surface area (Å²) in [6, 6.07) is 22.8. The highest BCUT2D eigenvalue weighted by molar-refractivity contribution is 5.87. The molecule has 0 aliphatic carbocycles. The Morgan fingerprint density at radius 1 is 0.839 bits per heavy atom. The van der Waals surface area contributed by atoms with Crippen molar-refractivity contribution >= 4 is 29.0 Å². The number of nitrogens with zero attached hydrogens (tertiary/aromatic N) is 4. The van der Waals surface area contributed by atoms with Crippen LogP contribution in [0, 0.1) is 0 Å². The highest BCUT2D eigenvalue weighted by Gasteiger charge is 2.09. The molecule has 0 radical (unpaired) electrons. The fourth-order valence-electron chi connectivity index (χ4n) is 2.84. The number of rotatable bonds is 7. The highest BCUT2D eigenvalue weighted by atomic mass is 16.5. The van der Waals surface area contributed by atoms with Crippen LogP contribution in [0.5, 0.6) is 0 Å². The summed E-state index contributed by atoms with van der Waals surface area (Å²) >= 11 is 0. The first-order valence-corrected chi connectivity index (χ1v) is 9.73. The van der Waals surface area contributed by atoms with E-state index in [0.717, 1.165) is 22.6 Å². The number of hydrogen-bond acceptors (Lipinski definition) is 8. The number of hydrogen-bond donors (Lipinski definition) is 2. The topological polar surface area (TPSA) is 102 Å². The second-order valence-electron chi connectivity index (χ2n) is 6.51. The van der Waals surface area contributed by atoms with E-state index in [-0.39, 0.29) is 5.69 Å². The van der Waals surface area contributed by atoms with E-state index in [9.17, 15) is 4.79 Å². The number of carbonyl (C=O) groups is 1. The van der Waals surface area contributed by atoms with Gasteiger partial charge in [-0.05, 0) is 43.3 Å². The third-order valence-electron chi connectivity index (χ3n) is 4.32. The van der Waals surface area contributed by atoms with Crippen molar-refractivity contribution < 1.29 is 9.53 Å². The van der Waals surface area contributed by atoms with Gasteiger partial charge in [0, 0.05) is 23.0 Å². The Hall–Kier alpha value is -4.33. The van der Waals surface area contributed by atoms with Gasteiger partial charge in [-0.15, -0.1) is 10.2 Å². The van der Waals surface area contributed by atoms with Crippen LogP contribution in [0.4, 0.5) is 23.0 Å². The average Bonchev–Trinajstić information content (AvgIpc) is 2.82. The van der Waals surface area contributed by atoms with E-state index < -0.39 is 5.97 Å². The van der Waals surface area contributed by atoms with Gasteiger partial charge in [-0.25, -0.2) is 14.8 Å². The van der Waals surface area contributed by atoms with Gasteiger partial charge in [0.2, 0.25) is 0 Å². The van der Waals surface area contributed by atoms with Crippen LogP contribution in [0.15, 0.2) is 79.1 Å². The van der Waals surface area contributed by atoms with Crippen molar-refractivity contribution in [1.29, 1.82) is 0 Å². The molecule has 4 aromatic rings. The van der Waals surface area contributed by atoms with Gasteiger partial charge in [0.25, 0.3) is 0 Å². The molecule has 0 bridgehead atoms. The van der Waals surface area contributed by atoms with Crippen molar-refractivity contribution in [1.82, 2.24) is 20.2 Å². The van der Waals surface area contributed by atoms with Gasteiger partial charge in [-0.1, -0.05) is 30.3 Å². The Kier molecular flexibility index (Phi) is 6.08. The first kappa shape index (κ1) is 20.0. The summed E-state index contributed by atoms with van der Waals surface area (Å²) in [6.07, 6.45) is 1.54. The first-order valence-electron chi connectivity index (χ1n) is 9.73. The molecule has 0 spiro atoms. The zero-order valence-electron chi connectivity index (χ0n) is 16.8. The minimum atomic E-state index is -0.489. The normalized spacial score (nSPS) is 10.4. The Labute approximate surface area is 179 Å². The van der Waals surface area contributed by atoms with Crippen LogP contribution in [-0.4, -0.2) is 32.7 Å². The summed E-state index contributed by atoms with van der Waals surface area (Å²) in [7, 11) is 0. The van der Waals surface area contributed by atoms with Crippen LogP contribution in [0.25, 0.3) is 11.3 Å². The monoisotopic (exact) mass is 412 g/mol. The third kappa shape index (κ3) is 5.18. The second-order valence-corrected chi connectivity index (χ2v) is 6.51. The van der Waals surface area contributed by atoms with Crippen LogP contribution >= 0.6 is 0 Å². The van der Waals surface area contributed by atoms with E-state index in [1.807, 2.05) is 60.7 Å². The van der Waals surface area contributed by atoms with Crippen LogP contribution in [0.1, 0.15) is 17.4 Å². The number of benzene rings is 2. The maximum atomic E-state index is 11.6. The average molecular weight is 412 g/mol. The van der Waals surface area contributed by atoms with Gasteiger partial charge in [-0.3, -0.25) is 0 Å². The van der Waals surface area contributed by atoms with Crippen molar-refractivity contribution in [2.75, 3.05) is 17.2 Å². The van der Waals surface area contributed by atoms with Gasteiger partial charge in [-0.2, -0.15) is 0 Å². The Morgan fingerprint density at radius 2 is 1.55 bits per heavy atom. The highest BCUT2D eigenvalue weighted by Crippen LogP contribution is 2.22. The lowest BCUT2D eigenvalue weighted by Gasteiger charge is -2.09. The maximum Gasteiger partial charge on any atom is 0.358 e. The van der Waals surface area contributed by atoms with Crippen molar-refractivity contribution in [3.05, 3.63) is 84.8 Å². The lowest BCUT2D eigenvalue weighted by atomic mass is 10.1. The smallest absolute Gasteiger partial charge is 0.358 e. The molecule has 0 amide bonds. The van der Waals surface area contributed by atoms with Crippen LogP contribution in [-0.2, 0) is 4.74 Å². The predicted molar refractivity (Wildman–Crippen MR) is 118 cm³/mol. The maximum absolute atomic E-state index is 11.6. The van der Waals surface area contributed by atoms with E-state index >= 15 is 0 Å². The van der Waals surface area contributed by atoms with Crippen molar-refractivity contribution in [3.63, 3.8) is 0 Å². The third-order valence-corrected chi connectivity index (χ3v) is 4.32. The molecule has 0 aliphatic rings. The Morgan fingerprint density at radius 3 is 2.19 bits per heavy atom. The molecule has 0 fully saturated rings. The number of esters is 1. The zero-order valence-corrected chi connectivity index (χ0v) is 16.8. The molecule has 0 saturated heterocycles. The summed E-state index contributed by atoms with van der Waals surface area (Å²) in [5.41, 5.74) is 3.76. The molecule has 154 valence electrons. The van der Waals surface area contributed by atoms with E-state index in [0.29, 0.717) is 18.2 Å². The van der Waals surface area contributed by atoms with Crippen LogP contribution in [0.2, 0.25) is 0 Å². The van der Waals surface area contributed by atoms with E-state index in [4.69, 9.17) is 4.74 Å². The van der Waals surface area contributed by atoms with Crippen molar-refractivity contribution in [3.8, 4) is 11.3 Å². The minimum Gasteiger partial charge on any atom is -0.461 e. The Bertz CT molecular complexity index is 1150. The standard InChI is InChI=1S/C23H20N6O2/c1-2-31-23(30)19-12-13-21(29-28-19)26-17-8-10-18(11-9-17)27-22-14-20(24-15-25-22)16-6-4-3-5-7-16/h3-15H,2H2,1H3,(H,26,29)(H,24,25,27). The number of carbonyl (C=O) groups excluding carboxylic acids is 1. The molecular weight excluding hydrogens is 392 g/mol. The summed E-state index contributed by atoms with van der Waals surface area (Å²) in [6.45, 7) is 2.04. The number of nitrogens with one attached hydrogen (secondary N) is 2. The Balaban J connectivity index is 1.40. The SMILES string of the molecule is CCOC(=O)c1ccc(Nc2ccc(Nc3cc(-c4ccccc4)ncn3)cc2)nn1. The molecule has 2 aromatic heterocycles. The van der Waals surface area contributed by atoms with Crippen LogP contribution in [0.3, 0.4) is 0 Å². The van der Waals surface area contributed by atoms with Gasteiger partial charge in [0.15, 0.2) is 11.5 Å². The molecule has 0 unspecified atom stereocenters. The van der Waals surface area contributed by atoms with Crippen molar-refractivity contribution in [2.45, 2.75) is 6.92 Å². The van der Waals surface area contributed by atoms with Gasteiger partial charge >= 0.3 is 5.97 Å². The van der Waals surface area contributed by atoms with Gasteiger partial charge in [0.05, 0.1) is 12.3 Å². The number of ether oxygens (including phenoxy) is 1. The van der Waals surface area contributed by atoms with Gasteiger partial charge in [0.1, 0.15) is 12.1 Å². The van der Waals surface area contributed by atoms with E-state index in [1.54, 1.807) is 25.4 Å². The fourth-order valence-corrected chi connectivity index (χ4v) is 2.84. The lowest BCUT2D eigenvalue weighted by Crippen LogP contribution is -2.08. The first-order chi connectivity index (χ1) is 15.2. The summed E-state index contributed by atoms with van der Waals surface area (Å²) < 4.78 is 4.90. The largest absolute Gasteiger partial charge is 0.461 e. The molecule has 31 heavy (non-hydrogen) atoms. The van der Waals surface area contributed by atoms with Gasteiger partial charge < -0.3 is 15.4 Å². The molecule has 0 saturated carbocycles. The molecule has 2 aromatic carbocycles. The minimum absolute atomic E-state index is 0.173. The number of aromatic nitrogens is 4. The molecule has 0 aliphatic heterocycles. The summed E-state index contributed by atoms with van der Waals surface area (Å²) in [4.78, 5) is 20.3. The molecule has 8 heteroatoms. The molecule has 4 rings (SSSR count). The molecular formula is C23H20N6O2. The summed E-state index contributed by atoms with van der Waals surface area (Å²) in [5, 5.41) is 14.3. The zero-order chi connectivity index (χ0) is 21.5. The molecule has 2 N–H and O–H groups in total. The molecule has 8 nitrogen and oxygen atoms in total. The van der Waals surface area contributed by atoms with E-state index in [1.165, 1.54) is 0 Å². The molecule has 2 heterocycles. The van der Waals surface area contributed by atoms with E-state index in [2.05, 4.69) is 30.8 Å². The molecule has 0 atom stereocenters. The van der Waals surface area contributed by atoms with Crippen LogP contribution < -0.4 is 10.6 Å².